The van der Waals surface area contributed by atoms with E-state index >= 15 is 0 Å². The summed E-state index contributed by atoms with van der Waals surface area (Å²) in [6.45, 7) is 8.51. The van der Waals surface area contributed by atoms with E-state index in [1.807, 2.05) is 37.3 Å². The van der Waals surface area contributed by atoms with E-state index in [0.717, 1.165) is 42.2 Å². The molecule has 1 aliphatic heterocycles. The number of furan rings is 1. The van der Waals surface area contributed by atoms with Crippen LogP contribution < -0.4 is 5.30 Å². The fourth-order valence-electron chi connectivity index (χ4n) is 3.96. The summed E-state index contributed by atoms with van der Waals surface area (Å²) >= 11 is 0. The largest absolute Gasteiger partial charge is 0.512 e. The maximum atomic E-state index is 12.3. The predicted octanol–water partition coefficient (Wildman–Crippen LogP) is 5.49. The molecule has 0 bridgehead atoms. The number of Topliss-reactive ketones (excluding diaryl/α,β-unsaturated/α-hetero) is 1. The average Bonchev–Trinajstić information content (AvgIpc) is 3.05. The number of hydrogen-bond donors (Lipinski definition) is 1. The van der Waals surface area contributed by atoms with Crippen LogP contribution in [0.25, 0.3) is 17.0 Å². The Labute approximate surface area is 175 Å². The zero-order valence-corrected chi connectivity index (χ0v) is 18.8. The minimum Gasteiger partial charge on any atom is -0.512 e. The van der Waals surface area contributed by atoms with Crippen LogP contribution in [-0.2, 0) is 0 Å². The third-order valence-corrected chi connectivity index (χ3v) is 6.11. The number of rotatable bonds is 7. The molecule has 4 nitrogen and oxygen atoms in total. The summed E-state index contributed by atoms with van der Waals surface area (Å²) < 4.78 is 5.82. The molecular formula is C24H32NO3P. The maximum absolute atomic E-state index is 12.3. The molecule has 29 heavy (non-hydrogen) atoms. The van der Waals surface area contributed by atoms with Gasteiger partial charge in [-0.3, -0.25) is 4.79 Å². The Morgan fingerprint density at radius 1 is 1.34 bits per heavy atom. The first-order chi connectivity index (χ1) is 13.9. The number of fused-ring (bicyclic) bond motifs is 1. The van der Waals surface area contributed by atoms with Crippen LogP contribution in [0, 0.1) is 5.92 Å². The highest BCUT2D eigenvalue weighted by molar-refractivity contribution is 7.27. The molecule has 1 saturated heterocycles. The van der Waals surface area contributed by atoms with Crippen molar-refractivity contribution in [2.75, 3.05) is 13.1 Å². The van der Waals surface area contributed by atoms with Crippen molar-refractivity contribution in [3.05, 3.63) is 47.4 Å². The van der Waals surface area contributed by atoms with Crippen molar-refractivity contribution < 1.29 is 14.3 Å². The molecule has 2 heterocycles. The van der Waals surface area contributed by atoms with Crippen molar-refractivity contribution in [1.29, 1.82) is 0 Å². The van der Waals surface area contributed by atoms with Crippen molar-refractivity contribution in [3.8, 4) is 0 Å². The molecule has 0 aliphatic carbocycles. The molecule has 1 aliphatic rings. The van der Waals surface area contributed by atoms with Gasteiger partial charge in [-0.25, -0.2) is 0 Å². The molecule has 1 unspecified atom stereocenters. The third-order valence-electron chi connectivity index (χ3n) is 5.75. The Morgan fingerprint density at radius 3 is 2.72 bits per heavy atom. The van der Waals surface area contributed by atoms with Gasteiger partial charge in [0, 0.05) is 29.8 Å². The number of benzene rings is 1. The Balaban J connectivity index is 1.73. The highest BCUT2D eigenvalue weighted by atomic mass is 31.0. The van der Waals surface area contributed by atoms with Gasteiger partial charge in [0.15, 0.2) is 11.5 Å². The normalized spacial score (nSPS) is 17.1. The highest BCUT2D eigenvalue weighted by Gasteiger charge is 2.21. The van der Waals surface area contributed by atoms with Crippen molar-refractivity contribution in [2.24, 2.45) is 5.92 Å². The number of nitrogens with zero attached hydrogens (tertiary/aromatic N) is 1. The first-order valence-corrected chi connectivity index (χ1v) is 11.1. The summed E-state index contributed by atoms with van der Waals surface area (Å²) in [6, 6.07) is 6.43. The molecule has 156 valence electrons. The highest BCUT2D eigenvalue weighted by Crippen LogP contribution is 2.28. The van der Waals surface area contributed by atoms with Crippen LogP contribution in [0.15, 0.2) is 40.5 Å². The second-order valence-corrected chi connectivity index (χ2v) is 8.84. The lowest BCUT2D eigenvalue weighted by Crippen LogP contribution is -2.38. The molecule has 3 rings (SSSR count). The zero-order valence-electron chi connectivity index (χ0n) is 17.6. The molecule has 1 aromatic carbocycles. The van der Waals surface area contributed by atoms with E-state index in [-0.39, 0.29) is 5.78 Å². The molecule has 0 spiro atoms. The van der Waals surface area contributed by atoms with Gasteiger partial charge in [0.25, 0.3) is 0 Å². The van der Waals surface area contributed by atoms with E-state index in [1.165, 1.54) is 0 Å². The molecule has 5 heteroatoms. The van der Waals surface area contributed by atoms with E-state index in [2.05, 4.69) is 28.0 Å². The van der Waals surface area contributed by atoms with Crippen molar-refractivity contribution in [1.82, 2.24) is 4.90 Å². The SMILES string of the molecule is CCC(=O)c1oc2ccc(P)cc2c1/C=C/C=C(\O)CC1CCN(C(C)C)CC1. The van der Waals surface area contributed by atoms with Crippen LogP contribution in [0.5, 0.6) is 0 Å². The third kappa shape index (κ3) is 5.38. The van der Waals surface area contributed by atoms with Gasteiger partial charge in [-0.05, 0) is 69.2 Å². The zero-order chi connectivity index (χ0) is 21.0. The topological polar surface area (TPSA) is 53.7 Å². The molecule has 1 atom stereocenters. The minimum atomic E-state index is -0.0173. The van der Waals surface area contributed by atoms with Crippen molar-refractivity contribution in [3.63, 3.8) is 0 Å². The van der Waals surface area contributed by atoms with Crippen molar-refractivity contribution in [2.45, 2.75) is 52.5 Å². The summed E-state index contributed by atoms with van der Waals surface area (Å²) in [6.07, 6.45) is 8.79. The minimum absolute atomic E-state index is 0.0173. The van der Waals surface area contributed by atoms with Gasteiger partial charge >= 0.3 is 0 Å². The average molecular weight is 413 g/mol. The van der Waals surface area contributed by atoms with Crippen LogP contribution in [-0.4, -0.2) is 34.9 Å². The quantitative estimate of drug-likeness (QED) is 0.282. The van der Waals surface area contributed by atoms with Crippen LogP contribution in [0.1, 0.15) is 62.6 Å². The van der Waals surface area contributed by atoms with Gasteiger partial charge in [0.2, 0.25) is 0 Å². The Hall–Kier alpha value is -1.90. The van der Waals surface area contributed by atoms with E-state index in [1.54, 1.807) is 6.08 Å². The van der Waals surface area contributed by atoms with E-state index in [0.29, 0.717) is 41.9 Å². The second-order valence-electron chi connectivity index (χ2n) is 8.17. The number of likely N-dealkylation sites (tertiary alicyclic amines) is 1. The lowest BCUT2D eigenvalue weighted by Gasteiger charge is -2.34. The number of piperidine rings is 1. The van der Waals surface area contributed by atoms with Crippen LogP contribution in [0.3, 0.4) is 0 Å². The number of hydrogen-bond acceptors (Lipinski definition) is 4. The van der Waals surface area contributed by atoms with E-state index in [4.69, 9.17) is 4.42 Å². The number of allylic oxidation sites excluding steroid dienone is 3. The van der Waals surface area contributed by atoms with Gasteiger partial charge in [0.05, 0.1) is 5.76 Å². The standard InChI is InChI=1S/C24H32NO3P/c1-4-22(27)24-20(21-15-19(29)8-9-23(21)28-24)7-5-6-18(26)14-17-10-12-25(13-11-17)16(2)3/h5-9,15-17,26H,4,10-14,29H2,1-3H3/b7-5+,18-6-. The number of ketones is 1. The summed E-state index contributed by atoms with van der Waals surface area (Å²) in [4.78, 5) is 14.8. The molecule has 0 saturated carbocycles. The molecule has 2 aromatic rings. The lowest BCUT2D eigenvalue weighted by molar-refractivity contribution is 0.0963. The Bertz CT molecular complexity index is 918. The summed E-state index contributed by atoms with van der Waals surface area (Å²) in [5.41, 5.74) is 1.49. The monoisotopic (exact) mass is 413 g/mol. The molecule has 1 N–H and O–H groups in total. The van der Waals surface area contributed by atoms with E-state index in [9.17, 15) is 9.90 Å². The Kier molecular flexibility index (Phi) is 7.32. The number of carbonyl (C=O) groups excluding carboxylic acids is 1. The van der Waals surface area contributed by atoms with Crippen LogP contribution >= 0.6 is 9.24 Å². The first kappa shape index (κ1) is 21.8. The summed E-state index contributed by atoms with van der Waals surface area (Å²) in [7, 11) is 2.67. The van der Waals surface area contributed by atoms with E-state index < -0.39 is 0 Å². The molecule has 1 aromatic heterocycles. The van der Waals surface area contributed by atoms with Gasteiger partial charge in [-0.15, -0.1) is 9.24 Å². The smallest absolute Gasteiger partial charge is 0.198 e. The van der Waals surface area contributed by atoms with Crippen molar-refractivity contribution >= 4 is 37.4 Å². The van der Waals surface area contributed by atoms with Gasteiger partial charge in [0.1, 0.15) is 5.58 Å². The van der Waals surface area contributed by atoms with Gasteiger partial charge < -0.3 is 14.4 Å². The van der Waals surface area contributed by atoms with Gasteiger partial charge in [-0.2, -0.15) is 0 Å². The van der Waals surface area contributed by atoms with Crippen LogP contribution in [0.4, 0.5) is 0 Å². The molecular weight excluding hydrogens is 381 g/mol. The molecule has 1 fully saturated rings. The summed E-state index contributed by atoms with van der Waals surface area (Å²) in [5.74, 6) is 1.30. The first-order valence-electron chi connectivity index (χ1n) is 10.5. The van der Waals surface area contributed by atoms with Gasteiger partial charge in [-0.1, -0.05) is 25.1 Å². The lowest BCUT2D eigenvalue weighted by atomic mass is 9.92. The Morgan fingerprint density at radius 2 is 2.07 bits per heavy atom. The maximum Gasteiger partial charge on any atom is 0.198 e. The fourth-order valence-corrected chi connectivity index (χ4v) is 4.22. The molecule has 0 amide bonds. The molecule has 0 radical (unpaired) electrons. The predicted molar refractivity (Wildman–Crippen MR) is 124 cm³/mol. The van der Waals surface area contributed by atoms with Crippen LogP contribution in [0.2, 0.25) is 0 Å². The number of carbonyl (C=O) groups is 1. The number of aliphatic hydroxyl groups is 1. The second kappa shape index (κ2) is 9.73. The fraction of sp³-hybridized carbons (Fsp3) is 0.458. The summed E-state index contributed by atoms with van der Waals surface area (Å²) in [5, 5.41) is 12.3. The number of aliphatic hydroxyl groups excluding tert-OH is 1.